The summed E-state index contributed by atoms with van der Waals surface area (Å²) in [6.45, 7) is 0.893. The fraction of sp³-hybridized carbons (Fsp3) is 0.429. The third-order valence-electron chi connectivity index (χ3n) is 3.23. The van der Waals surface area contributed by atoms with Crippen LogP contribution < -0.4 is 0 Å². The molecule has 1 heterocycles. The Kier molecular flexibility index (Phi) is 5.55. The molecule has 0 aromatic heterocycles. The van der Waals surface area contributed by atoms with Crippen LogP contribution >= 0.6 is 10.7 Å². The molecule has 2 amide bonds. The second-order valence-electron chi connectivity index (χ2n) is 4.87. The van der Waals surface area contributed by atoms with Crippen molar-refractivity contribution in [2.24, 2.45) is 0 Å². The highest BCUT2D eigenvalue weighted by Gasteiger charge is 2.34. The molecule has 0 saturated heterocycles. The molecular weight excluding hydrogens is 330 g/mol. The van der Waals surface area contributed by atoms with Gasteiger partial charge in [0.25, 0.3) is 11.8 Å². The van der Waals surface area contributed by atoms with Gasteiger partial charge in [0, 0.05) is 30.4 Å². The number of hydrogen-bond donors (Lipinski definition) is 0. The maximum absolute atomic E-state index is 12.1. The van der Waals surface area contributed by atoms with Crippen LogP contribution in [0.2, 0.25) is 0 Å². The van der Waals surface area contributed by atoms with Crippen molar-refractivity contribution in [3.05, 3.63) is 35.4 Å². The standard InChI is InChI=1S/C14H16ClNO5S/c15-22(19,20)10-4-9-21-8-3-7-16-13(17)11-5-1-2-6-12(11)14(16)18/h1-2,5-6H,3-4,7-10H2. The van der Waals surface area contributed by atoms with Gasteiger partial charge in [0.1, 0.15) is 0 Å². The van der Waals surface area contributed by atoms with Gasteiger partial charge in [0.2, 0.25) is 9.05 Å². The van der Waals surface area contributed by atoms with Crippen molar-refractivity contribution in [3.63, 3.8) is 0 Å². The van der Waals surface area contributed by atoms with Crippen LogP contribution in [0.4, 0.5) is 0 Å². The summed E-state index contributed by atoms with van der Waals surface area (Å²) < 4.78 is 26.7. The summed E-state index contributed by atoms with van der Waals surface area (Å²) in [6, 6.07) is 6.72. The van der Waals surface area contributed by atoms with Crippen LogP contribution in [0, 0.1) is 0 Å². The van der Waals surface area contributed by atoms with Crippen LogP contribution in [0.5, 0.6) is 0 Å². The van der Waals surface area contributed by atoms with Gasteiger partial charge in [-0.3, -0.25) is 14.5 Å². The van der Waals surface area contributed by atoms with Crippen LogP contribution in [-0.2, 0) is 13.8 Å². The third-order valence-corrected chi connectivity index (χ3v) is 4.46. The van der Waals surface area contributed by atoms with Gasteiger partial charge in [0.05, 0.1) is 16.9 Å². The molecule has 1 aliphatic heterocycles. The lowest BCUT2D eigenvalue weighted by molar-refractivity contribution is 0.0626. The smallest absolute Gasteiger partial charge is 0.261 e. The summed E-state index contributed by atoms with van der Waals surface area (Å²) in [5.41, 5.74) is 0.862. The third kappa shape index (κ3) is 4.28. The number of carbonyl (C=O) groups is 2. The van der Waals surface area contributed by atoms with Crippen molar-refractivity contribution < 1.29 is 22.7 Å². The predicted octanol–water partition coefficient (Wildman–Crippen LogP) is 1.65. The van der Waals surface area contributed by atoms with E-state index in [0.29, 0.717) is 30.6 Å². The average molecular weight is 346 g/mol. The van der Waals surface area contributed by atoms with Gasteiger partial charge in [-0.1, -0.05) is 12.1 Å². The molecule has 6 nitrogen and oxygen atoms in total. The van der Waals surface area contributed by atoms with Gasteiger partial charge in [-0.25, -0.2) is 8.42 Å². The fourth-order valence-corrected chi connectivity index (χ4v) is 2.99. The van der Waals surface area contributed by atoms with E-state index in [9.17, 15) is 18.0 Å². The Morgan fingerprint density at radius 3 is 2.09 bits per heavy atom. The summed E-state index contributed by atoms with van der Waals surface area (Å²) in [4.78, 5) is 25.3. The van der Waals surface area contributed by atoms with Gasteiger partial charge >= 0.3 is 0 Å². The molecule has 1 aliphatic rings. The van der Waals surface area contributed by atoms with E-state index in [2.05, 4.69) is 0 Å². The van der Waals surface area contributed by atoms with E-state index in [1.807, 2.05) is 0 Å². The number of carbonyl (C=O) groups excluding carboxylic acids is 2. The number of fused-ring (bicyclic) bond motifs is 1. The molecule has 2 rings (SSSR count). The van der Waals surface area contributed by atoms with Crippen LogP contribution in [0.1, 0.15) is 33.6 Å². The van der Waals surface area contributed by atoms with Crippen molar-refractivity contribution in [2.75, 3.05) is 25.5 Å². The Balaban J connectivity index is 1.71. The molecule has 0 saturated carbocycles. The zero-order valence-electron chi connectivity index (χ0n) is 11.8. The van der Waals surface area contributed by atoms with Gasteiger partial charge < -0.3 is 4.74 Å². The van der Waals surface area contributed by atoms with E-state index < -0.39 is 9.05 Å². The maximum atomic E-state index is 12.1. The van der Waals surface area contributed by atoms with Crippen LogP contribution in [-0.4, -0.2) is 50.6 Å². The second-order valence-corrected chi connectivity index (χ2v) is 7.77. The van der Waals surface area contributed by atoms with E-state index in [0.717, 1.165) is 0 Å². The van der Waals surface area contributed by atoms with Crippen LogP contribution in [0.15, 0.2) is 24.3 Å². The number of ether oxygens (including phenoxy) is 1. The van der Waals surface area contributed by atoms with Gasteiger partial charge in [0.15, 0.2) is 0 Å². The lowest BCUT2D eigenvalue weighted by atomic mass is 10.1. The minimum atomic E-state index is -3.48. The van der Waals surface area contributed by atoms with Crippen LogP contribution in [0.25, 0.3) is 0 Å². The number of halogens is 1. The maximum Gasteiger partial charge on any atom is 0.261 e. The Hall–Kier alpha value is -1.44. The molecule has 1 aromatic rings. The highest BCUT2D eigenvalue weighted by atomic mass is 35.7. The molecule has 0 unspecified atom stereocenters. The molecule has 0 radical (unpaired) electrons. The molecule has 22 heavy (non-hydrogen) atoms. The average Bonchev–Trinajstić information content (AvgIpc) is 2.70. The van der Waals surface area contributed by atoms with Crippen molar-refractivity contribution in [1.29, 1.82) is 0 Å². The summed E-state index contributed by atoms with van der Waals surface area (Å²) >= 11 is 0. The molecule has 0 atom stereocenters. The van der Waals surface area contributed by atoms with E-state index >= 15 is 0 Å². The Bertz CT molecular complexity index is 639. The van der Waals surface area contributed by atoms with E-state index in [1.165, 1.54) is 4.90 Å². The largest absolute Gasteiger partial charge is 0.381 e. The molecule has 8 heteroatoms. The first-order valence-electron chi connectivity index (χ1n) is 6.85. The van der Waals surface area contributed by atoms with Gasteiger partial charge in [-0.05, 0) is 25.0 Å². The summed E-state index contributed by atoms with van der Waals surface area (Å²) in [5.74, 6) is -0.699. The Morgan fingerprint density at radius 2 is 1.55 bits per heavy atom. The van der Waals surface area contributed by atoms with E-state index in [1.54, 1.807) is 24.3 Å². The summed E-state index contributed by atoms with van der Waals surface area (Å²) in [6.07, 6.45) is 0.817. The Morgan fingerprint density at radius 1 is 1.00 bits per heavy atom. The van der Waals surface area contributed by atoms with E-state index in [4.69, 9.17) is 15.4 Å². The molecule has 0 spiro atoms. The molecular formula is C14H16ClNO5S. The number of imide groups is 1. The van der Waals surface area contributed by atoms with Crippen molar-refractivity contribution in [1.82, 2.24) is 4.90 Å². The number of nitrogens with zero attached hydrogens (tertiary/aromatic N) is 1. The zero-order chi connectivity index (χ0) is 16.2. The molecule has 1 aromatic carbocycles. The topological polar surface area (TPSA) is 80.8 Å². The first-order valence-corrected chi connectivity index (χ1v) is 9.33. The van der Waals surface area contributed by atoms with Gasteiger partial charge in [-0.2, -0.15) is 0 Å². The summed E-state index contributed by atoms with van der Waals surface area (Å²) in [5, 5.41) is 0. The monoisotopic (exact) mass is 345 g/mol. The normalized spacial score (nSPS) is 14.5. The van der Waals surface area contributed by atoms with Crippen LogP contribution in [0.3, 0.4) is 0 Å². The highest BCUT2D eigenvalue weighted by molar-refractivity contribution is 8.13. The second kappa shape index (κ2) is 7.21. The number of benzene rings is 1. The molecule has 0 bridgehead atoms. The molecule has 0 fully saturated rings. The summed E-state index contributed by atoms with van der Waals surface area (Å²) in [7, 11) is 1.59. The SMILES string of the molecule is O=C1c2ccccc2C(=O)N1CCCOCCCS(=O)(=O)Cl. The van der Waals surface area contributed by atoms with Crippen molar-refractivity contribution >= 4 is 31.5 Å². The van der Waals surface area contributed by atoms with Crippen molar-refractivity contribution in [3.8, 4) is 0 Å². The fourth-order valence-electron chi connectivity index (χ4n) is 2.20. The minimum Gasteiger partial charge on any atom is -0.381 e. The van der Waals surface area contributed by atoms with Crippen molar-refractivity contribution in [2.45, 2.75) is 12.8 Å². The number of rotatable bonds is 8. The Labute approximate surface area is 133 Å². The van der Waals surface area contributed by atoms with Gasteiger partial charge in [-0.15, -0.1) is 0 Å². The first-order chi connectivity index (χ1) is 10.4. The predicted molar refractivity (Wildman–Crippen MR) is 81.5 cm³/mol. The molecule has 0 N–H and O–H groups in total. The highest BCUT2D eigenvalue weighted by Crippen LogP contribution is 2.22. The van der Waals surface area contributed by atoms with E-state index in [-0.39, 0.29) is 30.7 Å². The first kappa shape index (κ1) is 16.9. The zero-order valence-corrected chi connectivity index (χ0v) is 13.4. The lowest BCUT2D eigenvalue weighted by Crippen LogP contribution is -2.31. The number of hydrogen-bond acceptors (Lipinski definition) is 5. The minimum absolute atomic E-state index is 0.132. The number of amides is 2. The molecule has 0 aliphatic carbocycles. The molecule has 120 valence electrons. The lowest BCUT2D eigenvalue weighted by Gasteiger charge is -2.13. The quantitative estimate of drug-likeness (QED) is 0.406.